The van der Waals surface area contributed by atoms with E-state index in [1.807, 2.05) is 0 Å². The maximum absolute atomic E-state index is 4.82. The Labute approximate surface area is 104 Å². The first-order valence-electron chi connectivity index (χ1n) is 6.45. The second kappa shape index (κ2) is 4.87. The molecule has 0 N–H and O–H groups in total. The minimum Gasteiger partial charge on any atom is -0.253 e. The van der Waals surface area contributed by atoms with Crippen LogP contribution in [-0.4, -0.2) is 4.98 Å². The first-order chi connectivity index (χ1) is 8.09. The Balaban J connectivity index is 2.47. The van der Waals surface area contributed by atoms with E-state index in [0.29, 0.717) is 17.8 Å². The molecule has 0 fully saturated rings. The minimum absolute atomic E-state index is 0.541. The molecule has 0 amide bonds. The number of para-hydroxylation sites is 1. The topological polar surface area (TPSA) is 12.9 Å². The fourth-order valence-corrected chi connectivity index (χ4v) is 2.72. The van der Waals surface area contributed by atoms with Gasteiger partial charge in [-0.2, -0.15) is 0 Å². The molecule has 90 valence electrons. The van der Waals surface area contributed by atoms with Crippen molar-refractivity contribution < 1.29 is 0 Å². The molecule has 0 bridgehead atoms. The quantitative estimate of drug-likeness (QED) is 0.745. The zero-order chi connectivity index (χ0) is 12.4. The van der Waals surface area contributed by atoms with Crippen molar-refractivity contribution in [2.24, 2.45) is 11.8 Å². The van der Waals surface area contributed by atoms with Gasteiger partial charge in [0.1, 0.15) is 0 Å². The molecule has 0 saturated heterocycles. The third kappa shape index (κ3) is 2.49. The molecule has 17 heavy (non-hydrogen) atoms. The summed E-state index contributed by atoms with van der Waals surface area (Å²) in [6.45, 7) is 9.12. The number of fused-ring (bicyclic) bond motifs is 1. The van der Waals surface area contributed by atoms with E-state index >= 15 is 0 Å². The van der Waals surface area contributed by atoms with Crippen LogP contribution in [0.3, 0.4) is 0 Å². The van der Waals surface area contributed by atoms with Crippen LogP contribution in [0, 0.1) is 11.8 Å². The summed E-state index contributed by atoms with van der Waals surface area (Å²) in [6.07, 6.45) is 0. The third-order valence-corrected chi connectivity index (χ3v) is 3.40. The predicted octanol–water partition coefficient (Wildman–Crippen LogP) is 4.63. The summed E-state index contributed by atoms with van der Waals surface area (Å²) in [6, 6.07) is 12.7. The number of nitrogens with zero attached hydrogens (tertiary/aromatic N) is 1. The molecule has 2 aromatic rings. The molecular weight excluding hydrogens is 206 g/mol. The van der Waals surface area contributed by atoms with Gasteiger partial charge in [-0.25, -0.2) is 0 Å². The average Bonchev–Trinajstić information content (AvgIpc) is 2.28. The Hall–Kier alpha value is -1.37. The van der Waals surface area contributed by atoms with Gasteiger partial charge in [0.2, 0.25) is 0 Å². The van der Waals surface area contributed by atoms with Crippen LogP contribution in [0.5, 0.6) is 0 Å². The molecule has 1 nitrogen and oxygen atoms in total. The van der Waals surface area contributed by atoms with Gasteiger partial charge in [0, 0.05) is 17.0 Å². The molecule has 0 unspecified atom stereocenters. The molecular formula is C16H21N. The van der Waals surface area contributed by atoms with E-state index < -0.39 is 0 Å². The molecule has 1 aromatic carbocycles. The first-order valence-corrected chi connectivity index (χ1v) is 6.45. The van der Waals surface area contributed by atoms with Crippen LogP contribution in [0.2, 0.25) is 0 Å². The number of hydrogen-bond acceptors (Lipinski definition) is 1. The van der Waals surface area contributed by atoms with Gasteiger partial charge >= 0.3 is 0 Å². The third-order valence-electron chi connectivity index (χ3n) is 3.40. The van der Waals surface area contributed by atoms with Crippen molar-refractivity contribution in [1.29, 1.82) is 0 Å². The Morgan fingerprint density at radius 3 is 2.12 bits per heavy atom. The Morgan fingerprint density at radius 2 is 1.47 bits per heavy atom. The normalized spacial score (nSPS) is 11.9. The van der Waals surface area contributed by atoms with Crippen molar-refractivity contribution in [3.05, 3.63) is 42.1 Å². The highest BCUT2D eigenvalue weighted by Gasteiger charge is 2.20. The van der Waals surface area contributed by atoms with Gasteiger partial charge in [0.25, 0.3) is 0 Å². The minimum atomic E-state index is 0.541. The Morgan fingerprint density at radius 1 is 0.824 bits per heavy atom. The predicted molar refractivity (Wildman–Crippen MR) is 74.2 cm³/mol. The molecule has 1 heteroatoms. The Bertz CT molecular complexity index is 492. The van der Waals surface area contributed by atoms with Gasteiger partial charge in [0.05, 0.1) is 5.52 Å². The van der Waals surface area contributed by atoms with E-state index in [1.54, 1.807) is 0 Å². The number of hydrogen-bond donors (Lipinski definition) is 0. The van der Waals surface area contributed by atoms with Crippen molar-refractivity contribution in [2.45, 2.75) is 33.6 Å². The summed E-state index contributed by atoms with van der Waals surface area (Å²) >= 11 is 0. The summed E-state index contributed by atoms with van der Waals surface area (Å²) in [5, 5.41) is 1.22. The maximum Gasteiger partial charge on any atom is 0.0705 e. The summed E-state index contributed by atoms with van der Waals surface area (Å²) in [5.41, 5.74) is 2.34. The van der Waals surface area contributed by atoms with E-state index in [4.69, 9.17) is 4.98 Å². The van der Waals surface area contributed by atoms with Crippen LogP contribution in [0.1, 0.15) is 39.3 Å². The molecule has 0 aliphatic carbocycles. The fourth-order valence-electron chi connectivity index (χ4n) is 2.72. The largest absolute Gasteiger partial charge is 0.253 e. The van der Waals surface area contributed by atoms with E-state index in [1.165, 1.54) is 11.1 Å². The van der Waals surface area contributed by atoms with Gasteiger partial charge < -0.3 is 0 Å². The second-order valence-corrected chi connectivity index (χ2v) is 5.44. The molecule has 0 saturated carbocycles. The highest BCUT2D eigenvalue weighted by atomic mass is 14.7. The van der Waals surface area contributed by atoms with Crippen LogP contribution < -0.4 is 0 Å². The summed E-state index contributed by atoms with van der Waals surface area (Å²) in [5.74, 6) is 1.80. The molecule has 1 heterocycles. The molecule has 0 atom stereocenters. The zero-order valence-electron chi connectivity index (χ0n) is 11.1. The smallest absolute Gasteiger partial charge is 0.0705 e. The summed E-state index contributed by atoms with van der Waals surface area (Å²) < 4.78 is 0. The maximum atomic E-state index is 4.82. The monoisotopic (exact) mass is 227 g/mol. The summed E-state index contributed by atoms with van der Waals surface area (Å²) in [4.78, 5) is 4.82. The number of benzene rings is 1. The molecule has 0 aliphatic rings. The zero-order valence-corrected chi connectivity index (χ0v) is 11.1. The van der Waals surface area contributed by atoms with Crippen molar-refractivity contribution in [3.8, 4) is 0 Å². The Kier molecular flexibility index (Phi) is 3.46. The van der Waals surface area contributed by atoms with Crippen molar-refractivity contribution in [1.82, 2.24) is 4.98 Å². The standard InChI is InChI=1S/C16H21N/c1-11(2)16(12(3)4)15-10-9-13-7-5-6-8-14(13)17-15/h5-12,16H,1-4H3. The van der Waals surface area contributed by atoms with Crippen LogP contribution in [0.25, 0.3) is 10.9 Å². The fraction of sp³-hybridized carbons (Fsp3) is 0.438. The van der Waals surface area contributed by atoms with E-state index in [-0.39, 0.29) is 0 Å². The number of rotatable bonds is 3. The van der Waals surface area contributed by atoms with Crippen molar-refractivity contribution in [2.75, 3.05) is 0 Å². The summed E-state index contributed by atoms with van der Waals surface area (Å²) in [7, 11) is 0. The first kappa shape index (κ1) is 12.1. The van der Waals surface area contributed by atoms with E-state index in [2.05, 4.69) is 64.1 Å². The van der Waals surface area contributed by atoms with Gasteiger partial charge in [-0.3, -0.25) is 4.98 Å². The van der Waals surface area contributed by atoms with Gasteiger partial charge in [-0.1, -0.05) is 52.0 Å². The van der Waals surface area contributed by atoms with Crippen LogP contribution in [-0.2, 0) is 0 Å². The second-order valence-electron chi connectivity index (χ2n) is 5.44. The number of pyridine rings is 1. The SMILES string of the molecule is CC(C)C(c1ccc2ccccc2n1)C(C)C. The van der Waals surface area contributed by atoms with Crippen LogP contribution in [0.15, 0.2) is 36.4 Å². The molecule has 0 radical (unpaired) electrons. The lowest BCUT2D eigenvalue weighted by Crippen LogP contribution is -2.14. The lowest BCUT2D eigenvalue weighted by molar-refractivity contribution is 0.381. The van der Waals surface area contributed by atoms with Gasteiger partial charge in [-0.15, -0.1) is 0 Å². The molecule has 0 aliphatic heterocycles. The highest BCUT2D eigenvalue weighted by Crippen LogP contribution is 2.31. The van der Waals surface area contributed by atoms with Gasteiger partial charge in [0.15, 0.2) is 0 Å². The van der Waals surface area contributed by atoms with E-state index in [9.17, 15) is 0 Å². The van der Waals surface area contributed by atoms with Crippen LogP contribution >= 0.6 is 0 Å². The van der Waals surface area contributed by atoms with E-state index in [0.717, 1.165) is 5.52 Å². The van der Waals surface area contributed by atoms with Gasteiger partial charge in [-0.05, 0) is 24.0 Å². The molecule has 2 rings (SSSR count). The molecule has 1 aromatic heterocycles. The van der Waals surface area contributed by atoms with Crippen molar-refractivity contribution in [3.63, 3.8) is 0 Å². The average molecular weight is 227 g/mol. The lowest BCUT2D eigenvalue weighted by atomic mass is 9.82. The highest BCUT2D eigenvalue weighted by molar-refractivity contribution is 5.78. The molecule has 0 spiro atoms. The van der Waals surface area contributed by atoms with Crippen molar-refractivity contribution >= 4 is 10.9 Å². The van der Waals surface area contributed by atoms with Crippen LogP contribution in [0.4, 0.5) is 0 Å². The number of aromatic nitrogens is 1. The lowest BCUT2D eigenvalue weighted by Gasteiger charge is -2.24.